The Morgan fingerprint density at radius 2 is 1.85 bits per heavy atom. The number of nitrogens with one attached hydrogen (secondary N) is 1. The van der Waals surface area contributed by atoms with Crippen molar-refractivity contribution in [1.29, 1.82) is 0 Å². The Morgan fingerprint density at radius 3 is 2.42 bits per heavy atom. The van der Waals surface area contributed by atoms with E-state index >= 15 is 0 Å². The molecule has 1 amide bonds. The lowest BCUT2D eigenvalue weighted by atomic mass is 9.99. The molecule has 1 fully saturated rings. The van der Waals surface area contributed by atoms with Gasteiger partial charge in [0.05, 0.1) is 11.4 Å². The van der Waals surface area contributed by atoms with E-state index in [1.165, 1.54) is 24.2 Å². The van der Waals surface area contributed by atoms with Gasteiger partial charge < -0.3 is 10.2 Å². The van der Waals surface area contributed by atoms with E-state index in [1.54, 1.807) is 31.2 Å². The highest BCUT2D eigenvalue weighted by Crippen LogP contribution is 2.17. The number of hydrogen-bond donors (Lipinski definition) is 1. The lowest BCUT2D eigenvalue weighted by Gasteiger charge is -2.30. The minimum Gasteiger partial charge on any atom is -0.352 e. The quantitative estimate of drug-likeness (QED) is 0.702. The summed E-state index contributed by atoms with van der Waals surface area (Å²) in [7, 11) is -1.77. The molecule has 7 heteroatoms. The molecule has 6 nitrogen and oxygen atoms in total. The normalized spacial score (nSPS) is 16.4. The summed E-state index contributed by atoms with van der Waals surface area (Å²) in [5.41, 5.74) is 1.10. The molecule has 1 aliphatic heterocycles. The van der Waals surface area contributed by atoms with Gasteiger partial charge in [-0.1, -0.05) is 6.92 Å². The highest BCUT2D eigenvalue weighted by Gasteiger charge is 2.17. The van der Waals surface area contributed by atoms with Crippen LogP contribution in [-0.2, 0) is 10.0 Å². The third kappa shape index (κ3) is 5.71. The smallest absolute Gasteiger partial charge is 0.251 e. The van der Waals surface area contributed by atoms with Gasteiger partial charge in [0.1, 0.15) is 0 Å². The van der Waals surface area contributed by atoms with Crippen LogP contribution in [0.25, 0.3) is 0 Å². The lowest BCUT2D eigenvalue weighted by Crippen LogP contribution is -2.35. The molecule has 0 radical (unpaired) electrons. The molecule has 1 aromatic carbocycles. The number of benzene rings is 1. The molecule has 1 N–H and O–H groups in total. The van der Waals surface area contributed by atoms with E-state index in [-0.39, 0.29) is 11.7 Å². The molecule has 0 spiro atoms. The third-order valence-corrected chi connectivity index (χ3v) is 6.86. The number of piperidine rings is 1. The number of nitrogens with zero attached hydrogens (tertiary/aromatic N) is 2. The van der Waals surface area contributed by atoms with Crippen molar-refractivity contribution in [1.82, 2.24) is 10.2 Å². The zero-order chi connectivity index (χ0) is 19.2. The van der Waals surface area contributed by atoms with Crippen LogP contribution >= 0.6 is 0 Å². The van der Waals surface area contributed by atoms with Gasteiger partial charge >= 0.3 is 0 Å². The molecule has 146 valence electrons. The number of likely N-dealkylation sites (tertiary alicyclic amines) is 1. The first-order chi connectivity index (χ1) is 12.3. The van der Waals surface area contributed by atoms with E-state index in [0.29, 0.717) is 17.8 Å². The SMILES string of the molecule is CCS(=O)(=O)N(C)c1ccc(C(=O)NCCCN2CCC(C)CC2)cc1. The van der Waals surface area contributed by atoms with Crippen LogP contribution in [0.2, 0.25) is 0 Å². The van der Waals surface area contributed by atoms with Crippen molar-refractivity contribution in [2.24, 2.45) is 5.92 Å². The number of rotatable bonds is 8. The van der Waals surface area contributed by atoms with Crippen molar-refractivity contribution in [3.63, 3.8) is 0 Å². The summed E-state index contributed by atoms with van der Waals surface area (Å²) in [6.45, 7) is 7.90. The van der Waals surface area contributed by atoms with E-state index in [9.17, 15) is 13.2 Å². The van der Waals surface area contributed by atoms with Gasteiger partial charge in [0.2, 0.25) is 10.0 Å². The molecule has 0 atom stereocenters. The molecule has 2 rings (SSSR count). The molecule has 0 bridgehead atoms. The second kappa shape index (κ2) is 9.37. The van der Waals surface area contributed by atoms with Crippen molar-refractivity contribution in [2.75, 3.05) is 43.3 Å². The van der Waals surface area contributed by atoms with Gasteiger partial charge in [-0.2, -0.15) is 0 Å². The Balaban J connectivity index is 1.77. The van der Waals surface area contributed by atoms with Gasteiger partial charge in [0.25, 0.3) is 5.91 Å². The van der Waals surface area contributed by atoms with Gasteiger partial charge in [-0.05, 0) is 76.0 Å². The van der Waals surface area contributed by atoms with Gasteiger partial charge in [-0.15, -0.1) is 0 Å². The standard InChI is InChI=1S/C19H31N3O3S/c1-4-26(24,25)21(3)18-8-6-17(7-9-18)19(23)20-12-5-13-22-14-10-16(2)11-15-22/h6-9,16H,4-5,10-15H2,1-3H3,(H,20,23). The molecule has 26 heavy (non-hydrogen) atoms. The summed E-state index contributed by atoms with van der Waals surface area (Å²) in [6, 6.07) is 6.66. The number of amides is 1. The Morgan fingerprint density at radius 1 is 1.23 bits per heavy atom. The topological polar surface area (TPSA) is 69.7 Å². The van der Waals surface area contributed by atoms with E-state index in [0.717, 1.165) is 32.0 Å². The minimum absolute atomic E-state index is 0.0433. The van der Waals surface area contributed by atoms with Crippen LogP contribution in [-0.4, -0.2) is 58.2 Å². The molecule has 1 heterocycles. The van der Waals surface area contributed by atoms with Crippen LogP contribution in [0.3, 0.4) is 0 Å². The maximum absolute atomic E-state index is 12.2. The molecule has 0 saturated carbocycles. The molecule has 1 aromatic rings. The second-order valence-corrected chi connectivity index (χ2v) is 9.34. The van der Waals surface area contributed by atoms with Crippen molar-refractivity contribution >= 4 is 21.6 Å². The van der Waals surface area contributed by atoms with Crippen LogP contribution in [0.5, 0.6) is 0 Å². The molecular weight excluding hydrogens is 350 g/mol. The first-order valence-corrected chi connectivity index (χ1v) is 11.0. The summed E-state index contributed by atoms with van der Waals surface area (Å²) in [5.74, 6) is 0.756. The Bertz CT molecular complexity index is 680. The van der Waals surface area contributed by atoms with E-state index in [4.69, 9.17) is 0 Å². The third-order valence-electron chi connectivity index (χ3n) is 5.09. The fourth-order valence-electron chi connectivity index (χ4n) is 3.07. The van der Waals surface area contributed by atoms with Crippen LogP contribution in [0.1, 0.15) is 43.5 Å². The maximum atomic E-state index is 12.2. The molecule has 0 aromatic heterocycles. The number of carbonyl (C=O) groups is 1. The van der Waals surface area contributed by atoms with Crippen LogP contribution < -0.4 is 9.62 Å². The molecule has 0 aliphatic carbocycles. The zero-order valence-electron chi connectivity index (χ0n) is 16.1. The summed E-state index contributed by atoms with van der Waals surface area (Å²) in [5, 5.41) is 2.94. The fourth-order valence-corrected chi connectivity index (χ4v) is 3.90. The first-order valence-electron chi connectivity index (χ1n) is 9.40. The van der Waals surface area contributed by atoms with Crippen molar-refractivity contribution in [2.45, 2.75) is 33.1 Å². The average molecular weight is 382 g/mol. The van der Waals surface area contributed by atoms with Crippen LogP contribution in [0, 0.1) is 5.92 Å². The maximum Gasteiger partial charge on any atom is 0.251 e. The van der Waals surface area contributed by atoms with Gasteiger partial charge in [0.15, 0.2) is 0 Å². The molecule has 0 unspecified atom stereocenters. The Kier molecular flexibility index (Phi) is 7.46. The van der Waals surface area contributed by atoms with E-state index in [2.05, 4.69) is 17.1 Å². The molecule has 1 aliphatic rings. The van der Waals surface area contributed by atoms with Crippen molar-refractivity contribution in [3.05, 3.63) is 29.8 Å². The van der Waals surface area contributed by atoms with E-state index < -0.39 is 10.0 Å². The Labute approximate surface area is 157 Å². The van der Waals surface area contributed by atoms with Crippen molar-refractivity contribution in [3.8, 4) is 0 Å². The second-order valence-electron chi connectivity index (χ2n) is 7.05. The Hall–Kier alpha value is -1.60. The largest absolute Gasteiger partial charge is 0.352 e. The zero-order valence-corrected chi connectivity index (χ0v) is 16.9. The first kappa shape index (κ1) is 20.7. The summed E-state index contributed by atoms with van der Waals surface area (Å²) < 4.78 is 25.0. The van der Waals surface area contributed by atoms with Gasteiger partial charge in [0, 0.05) is 19.2 Å². The van der Waals surface area contributed by atoms with Gasteiger partial charge in [-0.3, -0.25) is 9.10 Å². The highest BCUT2D eigenvalue weighted by molar-refractivity contribution is 7.92. The predicted octanol–water partition coefficient (Wildman–Crippen LogP) is 2.32. The molecule has 1 saturated heterocycles. The van der Waals surface area contributed by atoms with Crippen LogP contribution in [0.15, 0.2) is 24.3 Å². The number of anilines is 1. The van der Waals surface area contributed by atoms with Crippen molar-refractivity contribution < 1.29 is 13.2 Å². The number of hydrogen-bond acceptors (Lipinski definition) is 4. The average Bonchev–Trinajstić information content (AvgIpc) is 2.66. The van der Waals surface area contributed by atoms with Gasteiger partial charge in [-0.25, -0.2) is 8.42 Å². The summed E-state index contributed by atoms with van der Waals surface area (Å²) in [6.07, 6.45) is 3.47. The fraction of sp³-hybridized carbons (Fsp3) is 0.632. The van der Waals surface area contributed by atoms with Crippen LogP contribution in [0.4, 0.5) is 5.69 Å². The lowest BCUT2D eigenvalue weighted by molar-refractivity contribution is 0.0950. The summed E-state index contributed by atoms with van der Waals surface area (Å²) >= 11 is 0. The number of carbonyl (C=O) groups excluding carboxylic acids is 1. The minimum atomic E-state index is -3.29. The number of sulfonamides is 1. The molecular formula is C19H31N3O3S. The summed E-state index contributed by atoms with van der Waals surface area (Å²) in [4.78, 5) is 14.7. The van der Waals surface area contributed by atoms with E-state index in [1.807, 2.05) is 0 Å². The monoisotopic (exact) mass is 381 g/mol. The highest BCUT2D eigenvalue weighted by atomic mass is 32.2. The predicted molar refractivity (Wildman–Crippen MR) is 106 cm³/mol.